The van der Waals surface area contributed by atoms with Crippen molar-refractivity contribution in [1.29, 1.82) is 0 Å². The number of nitrogens with one attached hydrogen (secondary N) is 2. The number of carbonyl (C=O) groups excluding carboxylic acids is 4. The van der Waals surface area contributed by atoms with Crippen LogP contribution in [-0.2, 0) is 23.9 Å². The van der Waals surface area contributed by atoms with Gasteiger partial charge in [-0.3, -0.25) is 19.2 Å². The Morgan fingerprint density at radius 1 is 1.21 bits per heavy atom. The van der Waals surface area contributed by atoms with Gasteiger partial charge in [0.05, 0.1) is 34.5 Å². The maximum atomic E-state index is 14.0. The number of likely N-dealkylation sites (N-methyl/N-ethyl adjacent to an activating group) is 1. The third-order valence-corrected chi connectivity index (χ3v) is 8.74. The van der Waals surface area contributed by atoms with E-state index in [0.717, 1.165) is 13.1 Å². The molecule has 0 saturated carbocycles. The Morgan fingerprint density at radius 3 is 2.66 bits per heavy atom. The van der Waals surface area contributed by atoms with Crippen LogP contribution in [0.5, 0.6) is 0 Å². The van der Waals surface area contributed by atoms with Gasteiger partial charge >= 0.3 is 0 Å². The number of hydrogen-bond donors (Lipinski definition) is 2. The predicted molar refractivity (Wildman–Crippen MR) is 142 cm³/mol. The molecule has 12 heteroatoms. The summed E-state index contributed by atoms with van der Waals surface area (Å²) in [4.78, 5) is 58.8. The zero-order chi connectivity index (χ0) is 27.2. The van der Waals surface area contributed by atoms with E-state index in [1.54, 1.807) is 35.3 Å². The highest BCUT2D eigenvalue weighted by Gasteiger charge is 2.73. The third kappa shape index (κ3) is 4.47. The lowest BCUT2D eigenvalue weighted by Crippen LogP contribution is -2.60. The zero-order valence-corrected chi connectivity index (χ0v) is 22.8. The van der Waals surface area contributed by atoms with E-state index in [2.05, 4.69) is 15.5 Å². The Labute approximate surface area is 231 Å². The van der Waals surface area contributed by atoms with Gasteiger partial charge in [-0.05, 0) is 31.3 Å². The maximum Gasteiger partial charge on any atom is 0.249 e. The van der Waals surface area contributed by atoms with E-state index in [1.165, 1.54) is 4.90 Å². The van der Waals surface area contributed by atoms with E-state index >= 15 is 0 Å². The van der Waals surface area contributed by atoms with Crippen molar-refractivity contribution in [2.24, 2.45) is 11.8 Å². The number of piperazine rings is 1. The molecule has 38 heavy (non-hydrogen) atoms. The fraction of sp³-hybridized carbons (Fsp3) is 0.538. The topological polar surface area (TPSA) is 111 Å². The van der Waals surface area contributed by atoms with Gasteiger partial charge in [-0.2, -0.15) is 0 Å². The first kappa shape index (κ1) is 26.9. The zero-order valence-electron chi connectivity index (χ0n) is 21.3. The van der Waals surface area contributed by atoms with E-state index in [4.69, 9.17) is 27.9 Å². The van der Waals surface area contributed by atoms with Crippen LogP contribution in [0.3, 0.4) is 0 Å². The summed E-state index contributed by atoms with van der Waals surface area (Å²) in [7, 11) is 0. The minimum atomic E-state index is -1.28. The summed E-state index contributed by atoms with van der Waals surface area (Å²) >= 11 is 12.1. The molecule has 4 aliphatic heterocycles. The number of anilines is 1. The van der Waals surface area contributed by atoms with Crippen molar-refractivity contribution in [3.05, 3.63) is 40.4 Å². The minimum Gasteiger partial charge on any atom is -0.359 e. The summed E-state index contributed by atoms with van der Waals surface area (Å²) in [6, 6.07) is 3.79. The smallest absolute Gasteiger partial charge is 0.249 e. The number of amides is 4. The largest absolute Gasteiger partial charge is 0.359 e. The second-order valence-electron chi connectivity index (χ2n) is 9.99. The number of fused-ring (bicyclic) bond motifs is 1. The molecule has 0 aliphatic carbocycles. The van der Waals surface area contributed by atoms with Crippen LogP contribution in [0.15, 0.2) is 30.4 Å². The van der Waals surface area contributed by atoms with Gasteiger partial charge in [-0.15, -0.1) is 0 Å². The molecule has 3 fully saturated rings. The second kappa shape index (κ2) is 10.5. The van der Waals surface area contributed by atoms with Crippen LogP contribution in [0, 0.1) is 11.8 Å². The molecule has 0 aromatic heterocycles. The van der Waals surface area contributed by atoms with Crippen LogP contribution < -0.4 is 10.6 Å². The van der Waals surface area contributed by atoms with E-state index < -0.39 is 35.5 Å². The Bertz CT molecular complexity index is 1190. The molecule has 0 radical (unpaired) electrons. The number of halogens is 2. The molecule has 1 spiro atoms. The van der Waals surface area contributed by atoms with Crippen molar-refractivity contribution in [1.82, 2.24) is 20.0 Å². The van der Waals surface area contributed by atoms with Crippen LogP contribution >= 0.6 is 23.2 Å². The van der Waals surface area contributed by atoms with E-state index in [0.29, 0.717) is 41.9 Å². The third-order valence-electron chi connectivity index (χ3n) is 8.00. The first-order valence-electron chi connectivity index (χ1n) is 12.9. The van der Waals surface area contributed by atoms with E-state index in [-0.39, 0.29) is 24.3 Å². The maximum absolute atomic E-state index is 14.0. The normalized spacial score (nSPS) is 29.7. The van der Waals surface area contributed by atoms with Gasteiger partial charge in [-0.25, -0.2) is 0 Å². The van der Waals surface area contributed by atoms with Crippen LogP contribution in [0.25, 0.3) is 0 Å². The molecule has 5 unspecified atom stereocenters. The highest BCUT2D eigenvalue weighted by molar-refractivity contribution is 6.42. The summed E-state index contributed by atoms with van der Waals surface area (Å²) < 4.78 is 6.37. The molecule has 4 heterocycles. The highest BCUT2D eigenvalue weighted by atomic mass is 35.5. The number of nitrogens with zero attached hydrogens (tertiary/aromatic N) is 3. The molecule has 3 saturated heterocycles. The summed E-state index contributed by atoms with van der Waals surface area (Å²) in [5, 5.41) is 6.22. The average Bonchev–Trinajstić information content (AvgIpc) is 3.54. The van der Waals surface area contributed by atoms with E-state index in [1.807, 2.05) is 13.8 Å². The Balaban J connectivity index is 1.46. The van der Waals surface area contributed by atoms with E-state index in [9.17, 15) is 19.2 Å². The molecule has 2 bridgehead atoms. The van der Waals surface area contributed by atoms with Crippen LogP contribution in [0.2, 0.25) is 10.0 Å². The molecule has 10 nitrogen and oxygen atoms in total. The van der Waals surface area contributed by atoms with Gasteiger partial charge in [0.2, 0.25) is 23.6 Å². The number of hydrogen-bond acceptors (Lipinski definition) is 6. The van der Waals surface area contributed by atoms with Gasteiger partial charge in [0.25, 0.3) is 0 Å². The first-order valence-corrected chi connectivity index (χ1v) is 13.7. The lowest BCUT2D eigenvalue weighted by molar-refractivity contribution is -0.150. The number of carbonyl (C=O) groups is 4. The van der Waals surface area contributed by atoms with Gasteiger partial charge in [-0.1, -0.05) is 49.2 Å². The quantitative estimate of drug-likeness (QED) is 0.462. The predicted octanol–water partition coefficient (Wildman–Crippen LogP) is 1.38. The summed E-state index contributed by atoms with van der Waals surface area (Å²) in [6.07, 6.45) is 2.88. The van der Waals surface area contributed by atoms with Crippen molar-refractivity contribution < 1.29 is 23.9 Å². The van der Waals surface area contributed by atoms with Crippen LogP contribution in [0.4, 0.5) is 5.69 Å². The number of benzene rings is 1. The second-order valence-corrected chi connectivity index (χ2v) is 10.8. The molecular weight excluding hydrogens is 533 g/mol. The Morgan fingerprint density at radius 2 is 1.97 bits per heavy atom. The van der Waals surface area contributed by atoms with Crippen molar-refractivity contribution in [3.63, 3.8) is 0 Å². The Kier molecular flexibility index (Phi) is 7.43. The standard InChI is InChI=1S/C26H31Cl2N5O5/c1-3-31(4-2)11-12-33-22(25(37)32-10-9-29-19(34)14-32)26-8-7-18(38-26)20(21(26)24(33)36)23(35)30-15-5-6-16(27)17(28)13-15/h5-8,13,18,20-22H,3-4,9-12,14H2,1-2H3,(H,29,34)(H,30,35). The lowest BCUT2D eigenvalue weighted by atomic mass is 9.74. The highest BCUT2D eigenvalue weighted by Crippen LogP contribution is 2.55. The van der Waals surface area contributed by atoms with Crippen molar-refractivity contribution in [3.8, 4) is 0 Å². The van der Waals surface area contributed by atoms with Gasteiger partial charge < -0.3 is 30.1 Å². The molecule has 4 aliphatic rings. The van der Waals surface area contributed by atoms with Crippen molar-refractivity contribution >= 4 is 52.5 Å². The molecule has 204 valence electrons. The lowest BCUT2D eigenvalue weighted by Gasteiger charge is -2.37. The molecular formula is C26H31Cl2N5O5. The molecule has 1 aromatic rings. The van der Waals surface area contributed by atoms with Gasteiger partial charge in [0.1, 0.15) is 11.6 Å². The van der Waals surface area contributed by atoms with Crippen LogP contribution in [0.1, 0.15) is 13.8 Å². The summed E-state index contributed by atoms with van der Waals surface area (Å²) in [5.41, 5.74) is -0.837. The molecule has 2 N–H and O–H groups in total. The molecule has 4 amide bonds. The van der Waals surface area contributed by atoms with Crippen LogP contribution in [-0.4, -0.2) is 102 Å². The molecule has 5 atom stereocenters. The number of likely N-dealkylation sites (tertiary alicyclic amines) is 1. The number of ether oxygens (including phenoxy) is 1. The molecule has 5 rings (SSSR count). The van der Waals surface area contributed by atoms with Crippen molar-refractivity contribution in [2.45, 2.75) is 31.6 Å². The molecule has 1 aromatic carbocycles. The van der Waals surface area contributed by atoms with Gasteiger partial charge in [0.15, 0.2) is 0 Å². The monoisotopic (exact) mass is 563 g/mol. The average molecular weight is 564 g/mol. The summed E-state index contributed by atoms with van der Waals surface area (Å²) in [5.74, 6) is -2.98. The number of rotatable bonds is 8. The SMILES string of the molecule is CCN(CC)CCN1C(=O)C2C(C(=O)Nc3ccc(Cl)c(Cl)c3)C3C=CC2(O3)C1C(=O)N1CCNC(=O)C1. The Hall–Kier alpha value is -2.66. The summed E-state index contributed by atoms with van der Waals surface area (Å²) in [6.45, 7) is 7.14. The fourth-order valence-electron chi connectivity index (χ4n) is 6.08. The first-order chi connectivity index (χ1) is 18.2. The minimum absolute atomic E-state index is 0.0808. The van der Waals surface area contributed by atoms with Crippen molar-refractivity contribution in [2.75, 3.05) is 51.1 Å². The van der Waals surface area contributed by atoms with Gasteiger partial charge in [0, 0.05) is 31.9 Å². The fourth-order valence-corrected chi connectivity index (χ4v) is 6.37.